The Labute approximate surface area is 130 Å². The van der Waals surface area contributed by atoms with Gasteiger partial charge in [-0.2, -0.15) is 11.8 Å². The van der Waals surface area contributed by atoms with Crippen LogP contribution in [0.1, 0.15) is 24.6 Å². The Balaban J connectivity index is 1.86. The van der Waals surface area contributed by atoms with Crippen molar-refractivity contribution in [3.8, 4) is 0 Å². The van der Waals surface area contributed by atoms with Gasteiger partial charge in [-0.25, -0.2) is 0 Å². The molecule has 0 amide bonds. The molecular formula is C16H19ClN2S. The van der Waals surface area contributed by atoms with E-state index in [0.29, 0.717) is 0 Å². The van der Waals surface area contributed by atoms with Gasteiger partial charge < -0.3 is 5.32 Å². The van der Waals surface area contributed by atoms with Crippen LogP contribution in [0.2, 0.25) is 5.02 Å². The van der Waals surface area contributed by atoms with Crippen molar-refractivity contribution in [3.63, 3.8) is 0 Å². The van der Waals surface area contributed by atoms with Crippen LogP contribution in [-0.2, 0) is 11.5 Å². The average molecular weight is 307 g/mol. The van der Waals surface area contributed by atoms with E-state index in [0.717, 1.165) is 40.9 Å². The normalized spacial score (nSPS) is 10.5. The summed E-state index contributed by atoms with van der Waals surface area (Å²) in [6.45, 7) is 3.16. The predicted octanol–water partition coefficient (Wildman–Crippen LogP) is 4.99. The molecule has 2 nitrogen and oxygen atoms in total. The number of nitrogens with zero attached hydrogens (tertiary/aromatic N) is 1. The minimum absolute atomic E-state index is 0.839. The van der Waals surface area contributed by atoms with Gasteiger partial charge in [0.15, 0.2) is 0 Å². The van der Waals surface area contributed by atoms with Crippen LogP contribution in [0.15, 0.2) is 42.6 Å². The maximum atomic E-state index is 6.15. The molecule has 20 heavy (non-hydrogen) atoms. The van der Waals surface area contributed by atoms with Crippen LogP contribution in [0.3, 0.4) is 0 Å². The molecule has 0 bridgehead atoms. The molecule has 0 saturated carbocycles. The zero-order valence-corrected chi connectivity index (χ0v) is 13.2. The summed E-state index contributed by atoms with van der Waals surface area (Å²) in [6, 6.07) is 12.1. The Morgan fingerprint density at radius 1 is 1.20 bits per heavy atom. The van der Waals surface area contributed by atoms with Crippen LogP contribution < -0.4 is 5.32 Å². The van der Waals surface area contributed by atoms with Gasteiger partial charge in [-0.05, 0) is 30.2 Å². The third-order valence-electron chi connectivity index (χ3n) is 2.86. The number of hydrogen-bond donors (Lipinski definition) is 1. The first-order valence-corrected chi connectivity index (χ1v) is 8.33. The summed E-state index contributed by atoms with van der Waals surface area (Å²) >= 11 is 7.98. The van der Waals surface area contributed by atoms with Crippen LogP contribution in [0.25, 0.3) is 0 Å². The van der Waals surface area contributed by atoms with Gasteiger partial charge in [0.25, 0.3) is 0 Å². The lowest BCUT2D eigenvalue weighted by Gasteiger charge is -2.07. The molecule has 0 atom stereocenters. The first kappa shape index (κ1) is 15.2. The maximum absolute atomic E-state index is 6.15. The van der Waals surface area contributed by atoms with Gasteiger partial charge >= 0.3 is 0 Å². The molecule has 4 heteroatoms. The average Bonchev–Trinajstić information content (AvgIpc) is 2.48. The molecule has 1 heterocycles. The van der Waals surface area contributed by atoms with E-state index in [9.17, 15) is 0 Å². The second-order valence-electron chi connectivity index (χ2n) is 4.55. The molecule has 0 saturated heterocycles. The van der Waals surface area contributed by atoms with Crippen molar-refractivity contribution in [1.29, 1.82) is 0 Å². The molecule has 1 aromatic carbocycles. The summed E-state index contributed by atoms with van der Waals surface area (Å²) in [7, 11) is 0. The molecule has 0 spiro atoms. The number of hydrogen-bond acceptors (Lipinski definition) is 3. The molecular weight excluding hydrogens is 288 g/mol. The molecule has 106 valence electrons. The SMILES string of the molecule is CCCNc1ccnc(CSCc2ccccc2Cl)c1. The van der Waals surface area contributed by atoms with E-state index >= 15 is 0 Å². The molecule has 0 aliphatic carbocycles. The monoisotopic (exact) mass is 306 g/mol. The first-order chi connectivity index (χ1) is 9.79. The number of benzene rings is 1. The fourth-order valence-corrected chi connectivity index (χ4v) is 3.04. The number of pyridine rings is 1. The van der Waals surface area contributed by atoms with Gasteiger partial charge in [0.1, 0.15) is 0 Å². The quantitative estimate of drug-likeness (QED) is 0.780. The largest absolute Gasteiger partial charge is 0.385 e. The zero-order valence-electron chi connectivity index (χ0n) is 11.6. The van der Waals surface area contributed by atoms with Crippen molar-refractivity contribution in [2.45, 2.75) is 24.9 Å². The maximum Gasteiger partial charge on any atom is 0.0523 e. The highest BCUT2D eigenvalue weighted by atomic mass is 35.5. The molecule has 2 aromatic rings. The Hall–Kier alpha value is -1.19. The van der Waals surface area contributed by atoms with Crippen LogP contribution in [0.5, 0.6) is 0 Å². The van der Waals surface area contributed by atoms with E-state index in [2.05, 4.69) is 29.4 Å². The van der Waals surface area contributed by atoms with Crippen molar-refractivity contribution in [2.75, 3.05) is 11.9 Å². The van der Waals surface area contributed by atoms with Gasteiger partial charge in [0.2, 0.25) is 0 Å². The number of rotatable bonds is 7. The lowest BCUT2D eigenvalue weighted by molar-refractivity contribution is 0.977. The third kappa shape index (κ3) is 4.73. The number of aromatic nitrogens is 1. The molecule has 1 N–H and O–H groups in total. The summed E-state index contributed by atoms with van der Waals surface area (Å²) in [6.07, 6.45) is 2.99. The minimum Gasteiger partial charge on any atom is -0.385 e. The Bertz CT molecular complexity index is 546. The van der Waals surface area contributed by atoms with Crippen molar-refractivity contribution in [3.05, 3.63) is 58.9 Å². The van der Waals surface area contributed by atoms with E-state index in [1.54, 1.807) is 0 Å². The predicted molar refractivity (Wildman–Crippen MR) is 89.5 cm³/mol. The van der Waals surface area contributed by atoms with Gasteiger partial charge in [-0.3, -0.25) is 4.98 Å². The molecule has 0 unspecified atom stereocenters. The fourth-order valence-electron chi connectivity index (χ4n) is 1.82. The minimum atomic E-state index is 0.839. The Morgan fingerprint density at radius 3 is 2.85 bits per heavy atom. The van der Waals surface area contributed by atoms with Gasteiger partial charge in [0.05, 0.1) is 5.69 Å². The summed E-state index contributed by atoms with van der Waals surface area (Å²) in [4.78, 5) is 4.41. The van der Waals surface area contributed by atoms with E-state index < -0.39 is 0 Å². The van der Waals surface area contributed by atoms with Crippen LogP contribution in [0, 0.1) is 0 Å². The molecule has 0 radical (unpaired) electrons. The van der Waals surface area contributed by atoms with E-state index in [1.165, 1.54) is 5.56 Å². The second kappa shape index (κ2) is 8.18. The Morgan fingerprint density at radius 2 is 2.05 bits per heavy atom. The summed E-state index contributed by atoms with van der Waals surface area (Å²) in [5.41, 5.74) is 3.43. The third-order valence-corrected chi connectivity index (χ3v) is 4.24. The van der Waals surface area contributed by atoms with Crippen molar-refractivity contribution in [1.82, 2.24) is 4.98 Å². The zero-order chi connectivity index (χ0) is 14.2. The Kier molecular flexibility index (Phi) is 6.22. The van der Waals surface area contributed by atoms with Crippen LogP contribution in [-0.4, -0.2) is 11.5 Å². The summed E-state index contributed by atoms with van der Waals surface area (Å²) in [5, 5.41) is 4.22. The standard InChI is InChI=1S/C16H19ClN2S/c1-2-8-18-14-7-9-19-15(10-14)12-20-11-13-5-3-4-6-16(13)17/h3-7,9-10H,2,8,11-12H2,1H3,(H,18,19). The highest BCUT2D eigenvalue weighted by molar-refractivity contribution is 7.97. The number of thioether (sulfide) groups is 1. The molecule has 0 fully saturated rings. The van der Waals surface area contributed by atoms with Crippen molar-refractivity contribution in [2.24, 2.45) is 0 Å². The van der Waals surface area contributed by atoms with Gasteiger partial charge in [0, 0.05) is 35.0 Å². The van der Waals surface area contributed by atoms with Crippen molar-refractivity contribution < 1.29 is 0 Å². The van der Waals surface area contributed by atoms with E-state index in [-0.39, 0.29) is 0 Å². The highest BCUT2D eigenvalue weighted by Crippen LogP contribution is 2.23. The molecule has 1 aromatic heterocycles. The van der Waals surface area contributed by atoms with E-state index in [1.807, 2.05) is 42.2 Å². The smallest absolute Gasteiger partial charge is 0.0523 e. The van der Waals surface area contributed by atoms with E-state index in [4.69, 9.17) is 11.6 Å². The van der Waals surface area contributed by atoms with Crippen molar-refractivity contribution >= 4 is 29.1 Å². The number of nitrogens with one attached hydrogen (secondary N) is 1. The van der Waals surface area contributed by atoms with Crippen LogP contribution >= 0.6 is 23.4 Å². The number of anilines is 1. The molecule has 2 rings (SSSR count). The number of halogens is 1. The fraction of sp³-hybridized carbons (Fsp3) is 0.312. The second-order valence-corrected chi connectivity index (χ2v) is 5.94. The molecule has 0 aliphatic rings. The van der Waals surface area contributed by atoms with Crippen LogP contribution in [0.4, 0.5) is 5.69 Å². The van der Waals surface area contributed by atoms with Gasteiger partial charge in [-0.1, -0.05) is 36.7 Å². The topological polar surface area (TPSA) is 24.9 Å². The summed E-state index contributed by atoms with van der Waals surface area (Å²) in [5.74, 6) is 1.81. The first-order valence-electron chi connectivity index (χ1n) is 6.79. The van der Waals surface area contributed by atoms with Gasteiger partial charge in [-0.15, -0.1) is 0 Å². The molecule has 0 aliphatic heterocycles. The lowest BCUT2D eigenvalue weighted by atomic mass is 10.2. The summed E-state index contributed by atoms with van der Waals surface area (Å²) < 4.78 is 0. The highest BCUT2D eigenvalue weighted by Gasteiger charge is 2.01. The lowest BCUT2D eigenvalue weighted by Crippen LogP contribution is -2.00.